The average molecular weight is 464 g/mol. The molecule has 0 aliphatic rings. The van der Waals surface area contributed by atoms with Crippen molar-refractivity contribution < 1.29 is 27.1 Å². The fourth-order valence-electron chi connectivity index (χ4n) is 3.08. The van der Waals surface area contributed by atoms with Crippen molar-refractivity contribution in [2.75, 3.05) is 0 Å². The Morgan fingerprint density at radius 3 is 2.41 bits per heavy atom. The van der Waals surface area contributed by atoms with Crippen molar-refractivity contribution in [3.05, 3.63) is 66.1 Å². The molecule has 3 aromatic rings. The molecule has 8 nitrogen and oxygen atoms in total. The van der Waals surface area contributed by atoms with Crippen molar-refractivity contribution in [3.8, 4) is 5.69 Å². The first-order valence-corrected chi connectivity index (χ1v) is 11.1. The van der Waals surface area contributed by atoms with Crippen molar-refractivity contribution in [1.82, 2.24) is 20.1 Å². The summed E-state index contributed by atoms with van der Waals surface area (Å²) in [6, 6.07) is 7.61. The zero-order valence-corrected chi connectivity index (χ0v) is 18.4. The van der Waals surface area contributed by atoms with Crippen LogP contribution in [-0.4, -0.2) is 40.4 Å². The van der Waals surface area contributed by atoms with Gasteiger partial charge in [-0.25, -0.2) is 27.3 Å². The molecule has 2 N–H and O–H groups in total. The zero-order chi connectivity index (χ0) is 23.7. The number of nitrogens with zero attached hydrogens (tertiary/aromatic N) is 3. The Labute approximate surface area is 183 Å². The van der Waals surface area contributed by atoms with Gasteiger partial charge in [-0.3, -0.25) is 0 Å². The summed E-state index contributed by atoms with van der Waals surface area (Å²) in [7, 11) is -4.22. The van der Waals surface area contributed by atoms with Crippen LogP contribution in [0.5, 0.6) is 0 Å². The molecule has 2 aromatic heterocycles. The number of sulfone groups is 1. The molecule has 170 valence electrons. The second kappa shape index (κ2) is 8.65. The number of pyridine rings is 1. The van der Waals surface area contributed by atoms with Crippen molar-refractivity contribution in [3.63, 3.8) is 0 Å². The van der Waals surface area contributed by atoms with Crippen LogP contribution in [0, 0.1) is 17.2 Å². The van der Waals surface area contributed by atoms with Crippen LogP contribution >= 0.6 is 0 Å². The van der Waals surface area contributed by atoms with E-state index in [4.69, 9.17) is 0 Å². The van der Waals surface area contributed by atoms with E-state index in [1.807, 2.05) is 20.8 Å². The number of hydrogen-bond acceptors (Lipinski definition) is 5. The standard InChI is InChI=1S/C21H22F2N4O4S/c1-21(2,3)17(25-20(28)29)11-14-12-18(27(26-14)16-5-4-10-24-19(16)23)32(30,31)15-8-6-13(22)7-9-15/h4-10,12,17,25H,11H2,1-3H3,(H,28,29). The summed E-state index contributed by atoms with van der Waals surface area (Å²) in [4.78, 5) is 14.6. The minimum Gasteiger partial charge on any atom is -0.465 e. The van der Waals surface area contributed by atoms with Crippen molar-refractivity contribution in [2.24, 2.45) is 5.41 Å². The van der Waals surface area contributed by atoms with Gasteiger partial charge in [0.1, 0.15) is 11.5 Å². The molecular formula is C21H22F2N4O4S. The lowest BCUT2D eigenvalue weighted by atomic mass is 9.84. The zero-order valence-electron chi connectivity index (χ0n) is 17.6. The summed E-state index contributed by atoms with van der Waals surface area (Å²) in [5.74, 6) is -1.54. The fourth-order valence-corrected chi connectivity index (χ4v) is 4.47. The molecule has 2 heterocycles. The van der Waals surface area contributed by atoms with Crippen LogP contribution in [0.3, 0.4) is 0 Å². The summed E-state index contributed by atoms with van der Waals surface area (Å²) in [5.41, 5.74) is -0.488. The van der Waals surface area contributed by atoms with Gasteiger partial charge in [0, 0.05) is 18.7 Å². The van der Waals surface area contributed by atoms with Crippen LogP contribution in [0.1, 0.15) is 26.5 Å². The number of nitrogens with one attached hydrogen (secondary N) is 1. The number of halogens is 2. The van der Waals surface area contributed by atoms with E-state index in [0.717, 1.165) is 28.9 Å². The quantitative estimate of drug-likeness (QED) is 0.426. The molecule has 0 aliphatic heterocycles. The molecule has 1 atom stereocenters. The normalized spacial score (nSPS) is 13.0. The van der Waals surface area contributed by atoms with Gasteiger partial charge in [-0.15, -0.1) is 0 Å². The van der Waals surface area contributed by atoms with Gasteiger partial charge < -0.3 is 10.4 Å². The van der Waals surface area contributed by atoms with Gasteiger partial charge in [0.25, 0.3) is 0 Å². The monoisotopic (exact) mass is 464 g/mol. The molecule has 3 rings (SSSR count). The van der Waals surface area contributed by atoms with Gasteiger partial charge in [0.05, 0.1) is 10.6 Å². The largest absolute Gasteiger partial charge is 0.465 e. The highest BCUT2D eigenvalue weighted by Crippen LogP contribution is 2.28. The molecule has 1 amide bonds. The van der Waals surface area contributed by atoms with Crippen molar-refractivity contribution in [1.29, 1.82) is 0 Å². The second-order valence-corrected chi connectivity index (χ2v) is 10.1. The summed E-state index contributed by atoms with van der Waals surface area (Å²) in [6.07, 6.45) is 0.0299. The molecule has 0 radical (unpaired) electrons. The third-order valence-electron chi connectivity index (χ3n) is 4.85. The molecule has 0 saturated heterocycles. The number of rotatable bonds is 6. The lowest BCUT2D eigenvalue weighted by Gasteiger charge is -2.29. The Kier molecular flexibility index (Phi) is 6.31. The van der Waals surface area contributed by atoms with Crippen molar-refractivity contribution in [2.45, 2.75) is 43.2 Å². The molecule has 0 bridgehead atoms. The highest BCUT2D eigenvalue weighted by atomic mass is 32.2. The molecule has 1 aromatic carbocycles. The van der Waals surface area contributed by atoms with Crippen LogP contribution in [0.2, 0.25) is 0 Å². The number of benzene rings is 1. The van der Waals surface area contributed by atoms with E-state index in [1.54, 1.807) is 0 Å². The van der Waals surface area contributed by atoms with Crippen molar-refractivity contribution >= 4 is 15.9 Å². The van der Waals surface area contributed by atoms with Gasteiger partial charge in [-0.05, 0) is 47.9 Å². The highest BCUT2D eigenvalue weighted by Gasteiger charge is 2.31. The molecule has 1 unspecified atom stereocenters. The summed E-state index contributed by atoms with van der Waals surface area (Å²) < 4.78 is 55.2. The Bertz CT molecular complexity index is 1240. The molecular weight excluding hydrogens is 442 g/mol. The maximum Gasteiger partial charge on any atom is 0.404 e. The van der Waals surface area contributed by atoms with Crippen LogP contribution in [-0.2, 0) is 16.3 Å². The SMILES string of the molecule is CC(C)(C)C(Cc1cc(S(=O)(=O)c2ccc(F)cc2)n(-c2cccnc2F)n1)NC(=O)O. The second-order valence-electron chi connectivity index (χ2n) is 8.23. The van der Waals surface area contributed by atoms with Crippen LogP contribution in [0.4, 0.5) is 13.6 Å². The number of carboxylic acid groups (broad SMARTS) is 1. The molecule has 32 heavy (non-hydrogen) atoms. The van der Waals surface area contributed by atoms with Gasteiger partial charge in [-0.2, -0.15) is 9.49 Å². The minimum atomic E-state index is -4.22. The number of amides is 1. The molecule has 11 heteroatoms. The van der Waals surface area contributed by atoms with E-state index in [1.165, 1.54) is 24.4 Å². The topological polar surface area (TPSA) is 114 Å². The van der Waals surface area contributed by atoms with E-state index >= 15 is 0 Å². The average Bonchev–Trinajstić information content (AvgIpc) is 3.12. The first-order chi connectivity index (χ1) is 14.9. The maximum atomic E-state index is 14.4. The lowest BCUT2D eigenvalue weighted by molar-refractivity contribution is 0.174. The highest BCUT2D eigenvalue weighted by molar-refractivity contribution is 7.91. The van der Waals surface area contributed by atoms with E-state index in [2.05, 4.69) is 15.4 Å². The fraction of sp³-hybridized carbons (Fsp3) is 0.286. The first-order valence-electron chi connectivity index (χ1n) is 9.59. The summed E-state index contributed by atoms with van der Waals surface area (Å²) in [5, 5.41) is 15.5. The Morgan fingerprint density at radius 1 is 1.19 bits per heavy atom. The van der Waals surface area contributed by atoms with E-state index in [0.29, 0.717) is 0 Å². The Hall–Kier alpha value is -3.34. The van der Waals surface area contributed by atoms with Gasteiger partial charge in [0.15, 0.2) is 5.03 Å². The summed E-state index contributed by atoms with van der Waals surface area (Å²) in [6.45, 7) is 5.46. The molecule has 0 saturated carbocycles. The predicted octanol–water partition coefficient (Wildman–Crippen LogP) is 3.60. The van der Waals surface area contributed by atoms with Gasteiger partial charge in [0.2, 0.25) is 15.8 Å². The maximum absolute atomic E-state index is 14.4. The molecule has 0 fully saturated rings. The lowest BCUT2D eigenvalue weighted by Crippen LogP contribution is -2.44. The van der Waals surface area contributed by atoms with E-state index in [-0.39, 0.29) is 27.7 Å². The van der Waals surface area contributed by atoms with Gasteiger partial charge >= 0.3 is 6.09 Å². The Balaban J connectivity index is 2.16. The number of carbonyl (C=O) groups is 1. The van der Waals surface area contributed by atoms with E-state index in [9.17, 15) is 27.1 Å². The number of hydrogen-bond donors (Lipinski definition) is 2. The third-order valence-corrected chi connectivity index (χ3v) is 6.58. The summed E-state index contributed by atoms with van der Waals surface area (Å²) >= 11 is 0. The Morgan fingerprint density at radius 2 is 1.84 bits per heavy atom. The molecule has 0 spiro atoms. The van der Waals surface area contributed by atoms with Crippen LogP contribution < -0.4 is 5.32 Å². The van der Waals surface area contributed by atoms with Crippen LogP contribution in [0.25, 0.3) is 5.69 Å². The van der Waals surface area contributed by atoms with Gasteiger partial charge in [-0.1, -0.05) is 20.8 Å². The third kappa shape index (κ3) is 4.93. The smallest absolute Gasteiger partial charge is 0.404 e. The first kappa shape index (κ1) is 23.3. The predicted molar refractivity (Wildman–Crippen MR) is 111 cm³/mol. The minimum absolute atomic E-state index is 0.0522. The molecule has 0 aliphatic carbocycles. The van der Waals surface area contributed by atoms with Crippen LogP contribution in [0.15, 0.2) is 58.6 Å². The number of aromatic nitrogens is 3. The van der Waals surface area contributed by atoms with E-state index < -0.39 is 39.2 Å².